The van der Waals surface area contributed by atoms with Crippen molar-refractivity contribution in [3.05, 3.63) is 24.3 Å². The zero-order chi connectivity index (χ0) is 12.4. The van der Waals surface area contributed by atoms with E-state index in [2.05, 4.69) is 19.2 Å². The van der Waals surface area contributed by atoms with Crippen molar-refractivity contribution in [3.8, 4) is 0 Å². The Morgan fingerprint density at radius 2 is 1.76 bits per heavy atom. The van der Waals surface area contributed by atoms with Crippen molar-refractivity contribution in [3.63, 3.8) is 0 Å². The summed E-state index contributed by atoms with van der Waals surface area (Å²) in [4.78, 5) is 13.8. The molecule has 2 unspecified atom stereocenters. The van der Waals surface area contributed by atoms with E-state index >= 15 is 0 Å². The lowest BCUT2D eigenvalue weighted by Crippen LogP contribution is -2.33. The Balaban J connectivity index is 1.96. The van der Waals surface area contributed by atoms with E-state index in [0.29, 0.717) is 17.5 Å². The lowest BCUT2D eigenvalue weighted by Gasteiger charge is -2.17. The summed E-state index contributed by atoms with van der Waals surface area (Å²) in [5, 5.41) is 2.88. The molecule has 1 aromatic rings. The molecule has 3 N–H and O–H groups in total. The van der Waals surface area contributed by atoms with Crippen LogP contribution in [0.3, 0.4) is 0 Å². The van der Waals surface area contributed by atoms with Gasteiger partial charge in [0.25, 0.3) is 0 Å². The van der Waals surface area contributed by atoms with Gasteiger partial charge in [-0.2, -0.15) is 0 Å². The molecular formula is C13H19N3O. The number of nitrogens with one attached hydrogen (secondary N) is 1. The van der Waals surface area contributed by atoms with Crippen molar-refractivity contribution in [2.24, 2.45) is 11.8 Å². The van der Waals surface area contributed by atoms with Gasteiger partial charge in [0.05, 0.1) is 0 Å². The molecule has 4 heteroatoms. The van der Waals surface area contributed by atoms with Gasteiger partial charge in [-0.15, -0.1) is 0 Å². The second-order valence-electron chi connectivity index (χ2n) is 4.91. The smallest absolute Gasteiger partial charge is 0.321 e. The summed E-state index contributed by atoms with van der Waals surface area (Å²) >= 11 is 0. The third kappa shape index (κ3) is 2.70. The maximum atomic E-state index is 12.0. The van der Waals surface area contributed by atoms with E-state index in [-0.39, 0.29) is 6.03 Å². The summed E-state index contributed by atoms with van der Waals surface area (Å²) in [5.41, 5.74) is 7.08. The molecule has 1 aliphatic rings. The largest absolute Gasteiger partial charge is 0.399 e. The molecule has 0 spiro atoms. The summed E-state index contributed by atoms with van der Waals surface area (Å²) in [6.07, 6.45) is 0. The lowest BCUT2D eigenvalue weighted by molar-refractivity contribution is 0.220. The number of benzene rings is 1. The van der Waals surface area contributed by atoms with Gasteiger partial charge in [0.1, 0.15) is 0 Å². The molecule has 0 aliphatic carbocycles. The van der Waals surface area contributed by atoms with Crippen molar-refractivity contribution < 1.29 is 4.79 Å². The van der Waals surface area contributed by atoms with Crippen LogP contribution < -0.4 is 11.1 Å². The zero-order valence-electron chi connectivity index (χ0n) is 10.3. The Morgan fingerprint density at radius 1 is 1.24 bits per heavy atom. The number of amides is 2. The van der Waals surface area contributed by atoms with Gasteiger partial charge >= 0.3 is 6.03 Å². The molecule has 4 nitrogen and oxygen atoms in total. The van der Waals surface area contributed by atoms with Gasteiger partial charge in [-0.05, 0) is 36.1 Å². The fourth-order valence-corrected chi connectivity index (χ4v) is 2.06. The molecule has 17 heavy (non-hydrogen) atoms. The molecule has 0 radical (unpaired) electrons. The Labute approximate surface area is 102 Å². The number of hydrogen-bond donors (Lipinski definition) is 2. The van der Waals surface area contributed by atoms with E-state index in [1.54, 1.807) is 12.1 Å². The molecule has 2 amide bonds. The van der Waals surface area contributed by atoms with Crippen LogP contribution in [0.25, 0.3) is 0 Å². The topological polar surface area (TPSA) is 58.4 Å². The molecule has 1 aromatic carbocycles. The minimum absolute atomic E-state index is 0.0222. The van der Waals surface area contributed by atoms with Crippen LogP contribution in [0.15, 0.2) is 24.3 Å². The lowest BCUT2D eigenvalue weighted by atomic mass is 10.0. The van der Waals surface area contributed by atoms with Crippen LogP contribution in [-0.2, 0) is 0 Å². The average molecular weight is 233 g/mol. The number of urea groups is 1. The van der Waals surface area contributed by atoms with E-state index in [1.807, 2.05) is 17.0 Å². The third-order valence-electron chi connectivity index (χ3n) is 3.44. The van der Waals surface area contributed by atoms with E-state index in [4.69, 9.17) is 5.73 Å². The van der Waals surface area contributed by atoms with Crippen molar-refractivity contribution >= 4 is 17.4 Å². The van der Waals surface area contributed by atoms with Gasteiger partial charge in [0, 0.05) is 24.5 Å². The van der Waals surface area contributed by atoms with Crippen molar-refractivity contribution in [1.82, 2.24) is 4.90 Å². The highest BCUT2D eigenvalue weighted by Gasteiger charge is 2.29. The van der Waals surface area contributed by atoms with Crippen LogP contribution in [0.2, 0.25) is 0 Å². The van der Waals surface area contributed by atoms with Crippen molar-refractivity contribution in [1.29, 1.82) is 0 Å². The summed E-state index contributed by atoms with van der Waals surface area (Å²) in [7, 11) is 0. The highest BCUT2D eigenvalue weighted by molar-refractivity contribution is 5.89. The first-order valence-corrected chi connectivity index (χ1v) is 5.97. The second-order valence-corrected chi connectivity index (χ2v) is 4.91. The molecule has 92 valence electrons. The van der Waals surface area contributed by atoms with Crippen molar-refractivity contribution in [2.75, 3.05) is 24.1 Å². The van der Waals surface area contributed by atoms with Crippen LogP contribution >= 0.6 is 0 Å². The van der Waals surface area contributed by atoms with Gasteiger partial charge in [-0.25, -0.2) is 4.79 Å². The van der Waals surface area contributed by atoms with E-state index in [1.165, 1.54) is 0 Å². The fraction of sp³-hybridized carbons (Fsp3) is 0.462. The second kappa shape index (κ2) is 4.65. The minimum Gasteiger partial charge on any atom is -0.399 e. The number of hydrogen-bond acceptors (Lipinski definition) is 2. The number of nitrogens with two attached hydrogens (primary N) is 1. The number of carbonyl (C=O) groups excluding carboxylic acids is 1. The van der Waals surface area contributed by atoms with E-state index in [9.17, 15) is 4.79 Å². The number of nitrogen functional groups attached to an aromatic ring is 1. The van der Waals surface area contributed by atoms with E-state index in [0.717, 1.165) is 18.8 Å². The van der Waals surface area contributed by atoms with Crippen LogP contribution in [0.5, 0.6) is 0 Å². The van der Waals surface area contributed by atoms with Crippen LogP contribution in [0.4, 0.5) is 16.2 Å². The average Bonchev–Trinajstić information content (AvgIpc) is 2.63. The fourth-order valence-electron chi connectivity index (χ4n) is 2.06. The van der Waals surface area contributed by atoms with Gasteiger partial charge < -0.3 is 16.0 Å². The normalized spacial score (nSPS) is 23.8. The van der Waals surface area contributed by atoms with Crippen LogP contribution in [0.1, 0.15) is 13.8 Å². The SMILES string of the molecule is CC1CN(C(=O)Nc2ccc(N)cc2)CC1C. The van der Waals surface area contributed by atoms with Gasteiger partial charge in [-0.3, -0.25) is 0 Å². The Hall–Kier alpha value is -1.71. The number of rotatable bonds is 1. The first kappa shape index (κ1) is 11.8. The molecule has 0 bridgehead atoms. The molecule has 0 aromatic heterocycles. The molecule has 1 heterocycles. The maximum absolute atomic E-state index is 12.0. The quantitative estimate of drug-likeness (QED) is 0.732. The zero-order valence-corrected chi connectivity index (χ0v) is 10.3. The molecule has 1 fully saturated rings. The molecule has 2 atom stereocenters. The Morgan fingerprint density at radius 3 is 2.29 bits per heavy atom. The molecule has 0 saturated carbocycles. The highest BCUT2D eigenvalue weighted by atomic mass is 16.2. The van der Waals surface area contributed by atoms with Crippen molar-refractivity contribution in [2.45, 2.75) is 13.8 Å². The Kier molecular flexibility index (Phi) is 3.22. The molecular weight excluding hydrogens is 214 g/mol. The summed E-state index contributed by atoms with van der Waals surface area (Å²) in [6, 6.07) is 7.17. The standard InChI is InChI=1S/C13H19N3O/c1-9-7-16(8-10(9)2)13(17)15-12-5-3-11(14)4-6-12/h3-6,9-10H,7-8,14H2,1-2H3,(H,15,17). The number of likely N-dealkylation sites (tertiary alicyclic amines) is 1. The predicted octanol–water partition coefficient (Wildman–Crippen LogP) is 2.39. The first-order chi connectivity index (χ1) is 8.06. The van der Waals surface area contributed by atoms with Gasteiger partial charge in [-0.1, -0.05) is 13.8 Å². The monoisotopic (exact) mass is 233 g/mol. The van der Waals surface area contributed by atoms with Gasteiger partial charge in [0.2, 0.25) is 0 Å². The molecule has 2 rings (SSSR count). The summed E-state index contributed by atoms with van der Waals surface area (Å²) in [5.74, 6) is 1.15. The Bertz CT molecular complexity index is 392. The number of nitrogens with zero attached hydrogens (tertiary/aromatic N) is 1. The molecule has 1 saturated heterocycles. The predicted molar refractivity (Wildman–Crippen MR) is 69.8 cm³/mol. The van der Waals surface area contributed by atoms with Crippen LogP contribution in [-0.4, -0.2) is 24.0 Å². The maximum Gasteiger partial charge on any atom is 0.321 e. The van der Waals surface area contributed by atoms with Crippen LogP contribution in [0, 0.1) is 11.8 Å². The molecule has 1 aliphatic heterocycles. The van der Waals surface area contributed by atoms with E-state index < -0.39 is 0 Å². The minimum atomic E-state index is -0.0222. The number of anilines is 2. The van der Waals surface area contributed by atoms with Gasteiger partial charge in [0.15, 0.2) is 0 Å². The third-order valence-corrected chi connectivity index (χ3v) is 3.44. The summed E-state index contributed by atoms with van der Waals surface area (Å²) in [6.45, 7) is 6.03. The first-order valence-electron chi connectivity index (χ1n) is 5.97. The highest BCUT2D eigenvalue weighted by Crippen LogP contribution is 2.22. The summed E-state index contributed by atoms with van der Waals surface area (Å²) < 4.78 is 0. The number of carbonyl (C=O) groups is 1.